The third-order valence-corrected chi connectivity index (χ3v) is 6.80. The molecule has 1 heterocycles. The van der Waals surface area contributed by atoms with Gasteiger partial charge in [0.1, 0.15) is 0 Å². The van der Waals surface area contributed by atoms with Gasteiger partial charge in [0.2, 0.25) is 0 Å². The highest BCUT2D eigenvalue weighted by Crippen LogP contribution is 2.26. The van der Waals surface area contributed by atoms with E-state index in [4.69, 9.17) is 0 Å². The first-order chi connectivity index (χ1) is 17.9. The first-order valence-electron chi connectivity index (χ1n) is 11.7. The van der Waals surface area contributed by atoms with Crippen LogP contribution in [-0.4, -0.2) is 53.8 Å². The van der Waals surface area contributed by atoms with Crippen LogP contribution >= 0.6 is 11.8 Å². The highest BCUT2D eigenvalue weighted by Gasteiger charge is 2.24. The van der Waals surface area contributed by atoms with E-state index >= 15 is 0 Å². The number of carbonyl (C=O) groups is 3. The summed E-state index contributed by atoms with van der Waals surface area (Å²) in [6.45, 7) is 1.62. The second-order valence-corrected chi connectivity index (χ2v) is 9.55. The lowest BCUT2D eigenvalue weighted by Gasteiger charge is -2.33. The molecule has 0 radical (unpaired) electrons. The second-order valence-electron chi connectivity index (χ2n) is 8.32. The third-order valence-electron chi connectivity index (χ3n) is 5.85. The Kier molecular flexibility index (Phi) is 8.73. The lowest BCUT2D eigenvalue weighted by molar-refractivity contribution is -0.132. The fraction of sp³-hybridized carbons (Fsp3) is 0.222. The second kappa shape index (κ2) is 12.4. The molecule has 10 heteroatoms. The number of benzene rings is 3. The molecule has 0 saturated carbocycles. The van der Waals surface area contributed by atoms with Gasteiger partial charge in [-0.05, 0) is 41.0 Å². The van der Waals surface area contributed by atoms with E-state index in [1.54, 1.807) is 22.5 Å². The van der Waals surface area contributed by atoms with Crippen molar-refractivity contribution in [2.75, 3.05) is 29.5 Å². The Hall–Kier alpha value is -3.92. The predicted molar refractivity (Wildman–Crippen MR) is 140 cm³/mol. The van der Waals surface area contributed by atoms with Crippen molar-refractivity contribution in [1.29, 1.82) is 0 Å². The summed E-state index contributed by atoms with van der Waals surface area (Å²) in [4.78, 5) is 40.2. The molecule has 7 nitrogen and oxygen atoms in total. The highest BCUT2D eigenvalue weighted by molar-refractivity contribution is 7.99. The van der Waals surface area contributed by atoms with Crippen LogP contribution in [-0.2, 0) is 11.3 Å². The molecule has 1 aliphatic heterocycles. The summed E-state index contributed by atoms with van der Waals surface area (Å²) in [5.74, 6) is -0.541. The van der Waals surface area contributed by atoms with Crippen LogP contribution in [0.25, 0.3) is 11.1 Å². The maximum absolute atomic E-state index is 13.5. The van der Waals surface area contributed by atoms with Gasteiger partial charge in [-0.25, -0.2) is 4.79 Å². The van der Waals surface area contributed by atoms with Gasteiger partial charge in [-0.1, -0.05) is 54.6 Å². The zero-order valence-corrected chi connectivity index (χ0v) is 20.7. The van der Waals surface area contributed by atoms with Crippen LogP contribution in [0.15, 0.2) is 78.9 Å². The molecule has 37 heavy (non-hydrogen) atoms. The maximum atomic E-state index is 13.5. The van der Waals surface area contributed by atoms with Gasteiger partial charge in [-0.3, -0.25) is 25.3 Å². The topological polar surface area (TPSA) is 81.8 Å². The quantitative estimate of drug-likeness (QED) is 0.464. The molecule has 192 valence electrons. The zero-order valence-electron chi connectivity index (χ0n) is 19.9. The molecule has 1 fully saturated rings. The monoisotopic (exact) mass is 524 g/mol. The minimum Gasteiger partial charge on any atom is -0.323 e. The number of carbonyl (C=O) groups excluding carboxylic acids is 3. The molecule has 0 atom stereocenters. The van der Waals surface area contributed by atoms with Crippen molar-refractivity contribution in [3.8, 4) is 11.1 Å². The summed E-state index contributed by atoms with van der Waals surface area (Å²) in [5.41, 5.74) is 7.45. The van der Waals surface area contributed by atoms with Crippen LogP contribution in [0.3, 0.4) is 0 Å². The number of alkyl halides is 2. The van der Waals surface area contributed by atoms with Crippen molar-refractivity contribution >= 4 is 35.3 Å². The van der Waals surface area contributed by atoms with Crippen LogP contribution in [0, 0.1) is 0 Å². The van der Waals surface area contributed by atoms with Gasteiger partial charge < -0.3 is 4.90 Å². The van der Waals surface area contributed by atoms with Gasteiger partial charge in [-0.2, -0.15) is 20.5 Å². The molecular weight excluding hydrogens is 498 g/mol. The van der Waals surface area contributed by atoms with E-state index in [1.807, 2.05) is 76.7 Å². The van der Waals surface area contributed by atoms with E-state index in [0.717, 1.165) is 33.9 Å². The molecule has 3 aromatic rings. The van der Waals surface area contributed by atoms with E-state index < -0.39 is 18.2 Å². The highest BCUT2D eigenvalue weighted by atomic mass is 32.2. The van der Waals surface area contributed by atoms with Crippen molar-refractivity contribution in [2.24, 2.45) is 0 Å². The Morgan fingerprint density at radius 2 is 1.46 bits per heavy atom. The molecule has 0 spiro atoms. The Balaban J connectivity index is 1.51. The first kappa shape index (κ1) is 26.2. The SMILES string of the molecule is O=C(NNC(=O)C(F)F)c1ccc(CN(C(=O)N2CCSCC2)c2ccc(-c3ccccc3)cc2)cc1. The largest absolute Gasteiger partial charge is 0.324 e. The molecule has 0 bridgehead atoms. The number of thioether (sulfide) groups is 1. The van der Waals surface area contributed by atoms with E-state index in [9.17, 15) is 23.2 Å². The number of hydrazine groups is 1. The number of amides is 4. The minimum atomic E-state index is -3.23. The van der Waals surface area contributed by atoms with Crippen LogP contribution in [0.4, 0.5) is 19.3 Å². The maximum Gasteiger partial charge on any atom is 0.324 e. The van der Waals surface area contributed by atoms with Crippen molar-refractivity contribution in [3.05, 3.63) is 90.0 Å². The van der Waals surface area contributed by atoms with Gasteiger partial charge in [0, 0.05) is 35.8 Å². The lowest BCUT2D eigenvalue weighted by Crippen LogP contribution is -2.46. The number of halogens is 2. The van der Waals surface area contributed by atoms with Crippen LogP contribution < -0.4 is 15.8 Å². The van der Waals surface area contributed by atoms with Gasteiger partial charge in [-0.15, -0.1) is 0 Å². The molecule has 4 rings (SSSR count). The molecule has 0 aromatic heterocycles. The first-order valence-corrected chi connectivity index (χ1v) is 12.8. The van der Waals surface area contributed by atoms with Crippen molar-refractivity contribution in [2.45, 2.75) is 13.0 Å². The molecule has 0 aliphatic carbocycles. The molecule has 2 N–H and O–H groups in total. The third kappa shape index (κ3) is 6.85. The standard InChI is InChI=1S/C27H26F2N4O3S/c28-24(29)26(35)31-30-25(34)22-8-6-19(7-9-22)18-33(27(36)32-14-16-37-17-15-32)23-12-10-21(11-13-23)20-4-2-1-3-5-20/h1-13,24H,14-18H2,(H,30,34)(H,31,35). The molecule has 1 aliphatic rings. The Labute approximate surface area is 217 Å². The van der Waals surface area contributed by atoms with E-state index in [0.29, 0.717) is 13.1 Å². The summed E-state index contributed by atoms with van der Waals surface area (Å²) in [6.07, 6.45) is -3.23. The summed E-state index contributed by atoms with van der Waals surface area (Å²) in [5, 5.41) is 0. The fourth-order valence-corrected chi connectivity index (χ4v) is 4.75. The number of anilines is 1. The number of urea groups is 1. The number of rotatable bonds is 6. The van der Waals surface area contributed by atoms with Crippen molar-refractivity contribution in [3.63, 3.8) is 0 Å². The van der Waals surface area contributed by atoms with Gasteiger partial charge >= 0.3 is 18.4 Å². The zero-order chi connectivity index (χ0) is 26.2. The Morgan fingerprint density at radius 1 is 0.838 bits per heavy atom. The molecular formula is C27H26F2N4O3S. The Bertz CT molecular complexity index is 1220. The Morgan fingerprint density at radius 3 is 2.08 bits per heavy atom. The number of nitrogens with zero attached hydrogens (tertiary/aromatic N) is 2. The van der Waals surface area contributed by atoms with Gasteiger partial charge in [0.05, 0.1) is 6.54 Å². The predicted octanol–water partition coefficient (Wildman–Crippen LogP) is 4.56. The molecule has 3 aromatic carbocycles. The molecule has 0 unspecified atom stereocenters. The van der Waals surface area contributed by atoms with Gasteiger partial charge in [0.15, 0.2) is 0 Å². The smallest absolute Gasteiger partial charge is 0.323 e. The van der Waals surface area contributed by atoms with Crippen molar-refractivity contribution in [1.82, 2.24) is 15.8 Å². The van der Waals surface area contributed by atoms with Gasteiger partial charge in [0.25, 0.3) is 5.91 Å². The average molecular weight is 525 g/mol. The summed E-state index contributed by atoms with van der Waals surface area (Å²) in [6, 6.07) is 24.1. The summed E-state index contributed by atoms with van der Waals surface area (Å²) >= 11 is 1.82. The van der Waals surface area contributed by atoms with Crippen LogP contribution in [0.1, 0.15) is 15.9 Å². The van der Waals surface area contributed by atoms with E-state index in [1.165, 1.54) is 12.1 Å². The molecule has 4 amide bonds. The van der Waals surface area contributed by atoms with E-state index in [2.05, 4.69) is 0 Å². The van der Waals surface area contributed by atoms with E-state index in [-0.39, 0.29) is 18.1 Å². The molecule has 1 saturated heterocycles. The number of nitrogens with one attached hydrogen (secondary N) is 2. The average Bonchev–Trinajstić information content (AvgIpc) is 2.95. The van der Waals surface area contributed by atoms with Crippen LogP contribution in [0.5, 0.6) is 0 Å². The fourth-order valence-electron chi connectivity index (χ4n) is 3.85. The number of hydrogen-bond acceptors (Lipinski definition) is 4. The van der Waals surface area contributed by atoms with Crippen molar-refractivity contribution < 1.29 is 23.2 Å². The lowest BCUT2D eigenvalue weighted by atomic mass is 10.1. The van der Waals surface area contributed by atoms with Crippen LogP contribution in [0.2, 0.25) is 0 Å². The summed E-state index contributed by atoms with van der Waals surface area (Å²) < 4.78 is 24.6. The summed E-state index contributed by atoms with van der Waals surface area (Å²) in [7, 11) is 0. The minimum absolute atomic E-state index is 0.0932. The normalized spacial score (nSPS) is 13.2. The number of hydrogen-bond donors (Lipinski definition) is 2.